The van der Waals surface area contributed by atoms with E-state index in [2.05, 4.69) is 16.0 Å². The molecule has 106 valence electrons. The van der Waals surface area contributed by atoms with Gasteiger partial charge in [-0.3, -0.25) is 9.59 Å². The average molecular weight is 265 g/mol. The molecular weight excluding hydrogens is 242 g/mol. The number of piperidine rings is 1. The van der Waals surface area contributed by atoms with Gasteiger partial charge < -0.3 is 16.0 Å². The Morgan fingerprint density at radius 2 is 2.16 bits per heavy atom. The van der Waals surface area contributed by atoms with Gasteiger partial charge in [0.25, 0.3) is 0 Å². The molecule has 2 amide bonds. The van der Waals surface area contributed by atoms with Crippen LogP contribution in [0.1, 0.15) is 38.5 Å². The van der Waals surface area contributed by atoms with E-state index in [4.69, 9.17) is 0 Å². The van der Waals surface area contributed by atoms with E-state index in [1.165, 1.54) is 6.42 Å². The summed E-state index contributed by atoms with van der Waals surface area (Å²) < 4.78 is 0. The predicted molar refractivity (Wildman–Crippen MR) is 71.4 cm³/mol. The summed E-state index contributed by atoms with van der Waals surface area (Å²) in [4.78, 5) is 24.4. The number of carbonyl (C=O) groups excluding carboxylic acids is 2. The van der Waals surface area contributed by atoms with E-state index in [1.807, 2.05) is 0 Å². The van der Waals surface area contributed by atoms with Gasteiger partial charge >= 0.3 is 0 Å². The van der Waals surface area contributed by atoms with Crippen LogP contribution in [-0.4, -0.2) is 37.5 Å². The van der Waals surface area contributed by atoms with Crippen molar-refractivity contribution >= 4 is 11.8 Å². The fraction of sp³-hybridized carbons (Fsp3) is 0.857. The molecule has 0 spiro atoms. The van der Waals surface area contributed by atoms with E-state index >= 15 is 0 Å². The van der Waals surface area contributed by atoms with Crippen LogP contribution in [0.15, 0.2) is 0 Å². The van der Waals surface area contributed by atoms with Crippen LogP contribution in [0.2, 0.25) is 0 Å². The number of rotatable bonds is 2. The van der Waals surface area contributed by atoms with Crippen LogP contribution in [0.25, 0.3) is 0 Å². The summed E-state index contributed by atoms with van der Waals surface area (Å²) in [6.45, 7) is 2.46. The Morgan fingerprint density at radius 3 is 3.00 bits per heavy atom. The van der Waals surface area contributed by atoms with Gasteiger partial charge in [-0.1, -0.05) is 12.8 Å². The third kappa shape index (κ3) is 2.24. The topological polar surface area (TPSA) is 70.2 Å². The van der Waals surface area contributed by atoms with Crippen LogP contribution >= 0.6 is 0 Å². The summed E-state index contributed by atoms with van der Waals surface area (Å²) in [5.74, 6) is 0.534. The van der Waals surface area contributed by atoms with Crippen molar-refractivity contribution in [3.63, 3.8) is 0 Å². The van der Waals surface area contributed by atoms with Crippen LogP contribution in [0, 0.1) is 11.3 Å². The van der Waals surface area contributed by atoms with Gasteiger partial charge in [-0.25, -0.2) is 0 Å². The van der Waals surface area contributed by atoms with Gasteiger partial charge in [-0.2, -0.15) is 0 Å². The maximum Gasteiger partial charge on any atom is 0.242 e. The zero-order valence-corrected chi connectivity index (χ0v) is 11.3. The molecule has 0 aromatic carbocycles. The molecule has 0 bridgehead atoms. The van der Waals surface area contributed by atoms with Crippen molar-refractivity contribution in [2.24, 2.45) is 11.3 Å². The quantitative estimate of drug-likeness (QED) is 0.666. The second-order valence-corrected chi connectivity index (χ2v) is 6.19. The molecular formula is C14H23N3O2. The monoisotopic (exact) mass is 265 g/mol. The first-order valence-electron chi connectivity index (χ1n) is 7.52. The fourth-order valence-electron chi connectivity index (χ4n) is 3.90. The highest BCUT2D eigenvalue weighted by Gasteiger charge is 2.50. The van der Waals surface area contributed by atoms with Gasteiger partial charge in [0.2, 0.25) is 11.8 Å². The van der Waals surface area contributed by atoms with Crippen molar-refractivity contribution in [2.45, 2.75) is 44.6 Å². The first kappa shape index (κ1) is 12.9. The Bertz CT molecular complexity index is 385. The largest absolute Gasteiger partial charge is 0.354 e. The molecule has 1 unspecified atom stereocenters. The zero-order chi connectivity index (χ0) is 13.3. The summed E-state index contributed by atoms with van der Waals surface area (Å²) in [6, 6.07) is -0.321. The maximum absolute atomic E-state index is 12.7. The van der Waals surface area contributed by atoms with Crippen LogP contribution in [0.3, 0.4) is 0 Å². The first-order chi connectivity index (χ1) is 9.22. The molecule has 5 nitrogen and oxygen atoms in total. The number of nitrogens with one attached hydrogen (secondary N) is 3. The SMILES string of the molecule is O=C1NCCCC1NC(=O)[C@@]12CCCC[C@H]1CNC2. The summed E-state index contributed by atoms with van der Waals surface area (Å²) in [6.07, 6.45) is 6.17. The number of amides is 2. The summed E-state index contributed by atoms with van der Waals surface area (Å²) >= 11 is 0. The molecule has 0 aromatic heterocycles. The Labute approximate surface area is 113 Å². The predicted octanol–water partition coefficient (Wildman–Crippen LogP) is 0.161. The van der Waals surface area contributed by atoms with Crippen LogP contribution in [0.4, 0.5) is 0 Å². The highest BCUT2D eigenvalue weighted by molar-refractivity contribution is 5.91. The van der Waals surface area contributed by atoms with Crippen molar-refractivity contribution in [1.82, 2.24) is 16.0 Å². The molecule has 19 heavy (non-hydrogen) atoms. The van der Waals surface area contributed by atoms with Gasteiger partial charge in [0, 0.05) is 13.1 Å². The minimum absolute atomic E-state index is 0.0192. The van der Waals surface area contributed by atoms with Crippen molar-refractivity contribution in [3.05, 3.63) is 0 Å². The lowest BCUT2D eigenvalue weighted by atomic mass is 9.67. The Balaban J connectivity index is 1.70. The Morgan fingerprint density at radius 1 is 1.26 bits per heavy atom. The number of fused-ring (bicyclic) bond motifs is 1. The second kappa shape index (κ2) is 5.12. The van der Waals surface area contributed by atoms with Crippen molar-refractivity contribution < 1.29 is 9.59 Å². The molecule has 2 aliphatic heterocycles. The van der Waals surface area contributed by atoms with Crippen LogP contribution in [-0.2, 0) is 9.59 Å². The van der Waals surface area contributed by atoms with E-state index < -0.39 is 0 Å². The normalized spacial score (nSPS) is 38.4. The van der Waals surface area contributed by atoms with E-state index in [0.717, 1.165) is 51.7 Å². The van der Waals surface area contributed by atoms with E-state index in [1.54, 1.807) is 0 Å². The molecule has 3 rings (SSSR count). The van der Waals surface area contributed by atoms with Crippen molar-refractivity contribution in [2.75, 3.05) is 19.6 Å². The molecule has 1 aliphatic carbocycles. The van der Waals surface area contributed by atoms with Crippen molar-refractivity contribution in [3.8, 4) is 0 Å². The molecule has 3 atom stereocenters. The lowest BCUT2D eigenvalue weighted by Gasteiger charge is -2.38. The standard InChI is InChI=1S/C14H23N3O2/c18-12-11(5-3-7-16-12)17-13(19)14-6-2-1-4-10(14)8-15-9-14/h10-11,15H,1-9H2,(H,16,18)(H,17,19)/t10-,11?,14+/m0/s1. The van der Waals surface area contributed by atoms with Crippen LogP contribution in [0.5, 0.6) is 0 Å². The first-order valence-corrected chi connectivity index (χ1v) is 7.52. The average Bonchev–Trinajstić information content (AvgIpc) is 2.86. The Kier molecular flexibility index (Phi) is 3.48. The fourth-order valence-corrected chi connectivity index (χ4v) is 3.90. The van der Waals surface area contributed by atoms with Gasteiger partial charge in [0.05, 0.1) is 5.41 Å². The van der Waals surface area contributed by atoms with Crippen LogP contribution < -0.4 is 16.0 Å². The van der Waals surface area contributed by atoms with Crippen molar-refractivity contribution in [1.29, 1.82) is 0 Å². The molecule has 1 saturated carbocycles. The van der Waals surface area contributed by atoms with E-state index in [0.29, 0.717) is 5.92 Å². The third-order valence-electron chi connectivity index (χ3n) is 5.08. The summed E-state index contributed by atoms with van der Waals surface area (Å²) in [5.41, 5.74) is -0.254. The molecule has 3 N–H and O–H groups in total. The highest BCUT2D eigenvalue weighted by Crippen LogP contribution is 2.44. The number of carbonyl (C=O) groups is 2. The smallest absolute Gasteiger partial charge is 0.242 e. The lowest BCUT2D eigenvalue weighted by Crippen LogP contribution is -2.56. The van der Waals surface area contributed by atoms with Gasteiger partial charge in [-0.05, 0) is 38.1 Å². The summed E-state index contributed by atoms with van der Waals surface area (Å²) in [5, 5.41) is 9.21. The third-order valence-corrected chi connectivity index (χ3v) is 5.08. The minimum Gasteiger partial charge on any atom is -0.354 e. The number of hydrogen-bond acceptors (Lipinski definition) is 3. The molecule has 5 heteroatoms. The Hall–Kier alpha value is -1.10. The summed E-state index contributed by atoms with van der Waals surface area (Å²) in [7, 11) is 0. The lowest BCUT2D eigenvalue weighted by molar-refractivity contribution is -0.138. The van der Waals surface area contributed by atoms with Gasteiger partial charge in [-0.15, -0.1) is 0 Å². The molecule has 0 aromatic rings. The maximum atomic E-state index is 12.7. The minimum atomic E-state index is -0.321. The van der Waals surface area contributed by atoms with E-state index in [9.17, 15) is 9.59 Å². The van der Waals surface area contributed by atoms with Gasteiger partial charge in [0.1, 0.15) is 6.04 Å². The van der Waals surface area contributed by atoms with E-state index in [-0.39, 0.29) is 23.3 Å². The molecule has 0 radical (unpaired) electrons. The molecule has 2 saturated heterocycles. The zero-order valence-electron chi connectivity index (χ0n) is 11.3. The molecule has 2 heterocycles. The second-order valence-electron chi connectivity index (χ2n) is 6.19. The highest BCUT2D eigenvalue weighted by atomic mass is 16.2. The molecule has 3 aliphatic rings. The number of hydrogen-bond donors (Lipinski definition) is 3. The van der Waals surface area contributed by atoms with Gasteiger partial charge in [0.15, 0.2) is 0 Å². The molecule has 3 fully saturated rings.